The van der Waals surface area contributed by atoms with Gasteiger partial charge in [0.25, 0.3) is 0 Å². The van der Waals surface area contributed by atoms with Gasteiger partial charge >= 0.3 is 5.97 Å². The Balaban J connectivity index is -0.000000875. The Morgan fingerprint density at radius 2 is 0.698 bits per heavy atom. The predicted molar refractivity (Wildman–Crippen MR) is 266 cm³/mol. The molecule has 13 heteroatoms. The SMILES string of the molecule is CC(C)(C)CC(CN)CC(CN)C(C)(C)C.CC(C)(C)CC(CNC(=O)CCC(=O)NN)CC(CN)C(C)(C)C.CC(C)(C)CC(CNC(=O)CCC(=O)O)CC(CN)C(C)(C)C. The molecule has 6 atom stereocenters. The number of hydrogen-bond acceptors (Lipinski definition) is 9. The van der Waals surface area contributed by atoms with Gasteiger partial charge in [-0.1, -0.05) is 125 Å². The summed E-state index contributed by atoms with van der Waals surface area (Å²) in [6.07, 6.45) is 6.51. The third kappa shape index (κ3) is 37.6. The van der Waals surface area contributed by atoms with Crippen LogP contribution in [0.5, 0.6) is 0 Å². The molecule has 3 amide bonds. The third-order valence-corrected chi connectivity index (χ3v) is 11.9. The van der Waals surface area contributed by atoms with Crippen molar-refractivity contribution in [1.29, 1.82) is 0 Å². The molecule has 14 N–H and O–H groups in total. The fraction of sp³-hybridized carbons (Fsp3) is 0.920. The molecule has 0 aliphatic carbocycles. The lowest BCUT2D eigenvalue weighted by Gasteiger charge is -2.35. The Morgan fingerprint density at radius 3 is 0.937 bits per heavy atom. The van der Waals surface area contributed by atoms with E-state index in [-0.39, 0.29) is 65.1 Å². The Hall–Kier alpha value is -2.32. The highest BCUT2D eigenvalue weighted by Crippen LogP contribution is 2.37. The molecular formula is C50H106N8O5. The number of rotatable bonds is 23. The number of carbonyl (C=O) groups is 4. The first-order valence-electron chi connectivity index (χ1n) is 23.9. The Kier molecular flexibility index (Phi) is 31.0. The number of hydrogen-bond donors (Lipinski definition) is 9. The van der Waals surface area contributed by atoms with E-state index in [1.165, 1.54) is 6.42 Å². The first-order chi connectivity index (χ1) is 28.3. The van der Waals surface area contributed by atoms with E-state index >= 15 is 0 Å². The van der Waals surface area contributed by atoms with Gasteiger partial charge < -0.3 is 38.7 Å². The van der Waals surface area contributed by atoms with Crippen molar-refractivity contribution >= 4 is 23.7 Å². The third-order valence-electron chi connectivity index (χ3n) is 11.9. The minimum absolute atomic E-state index is 0.0388. The fourth-order valence-electron chi connectivity index (χ4n) is 8.17. The van der Waals surface area contributed by atoms with Crippen LogP contribution >= 0.6 is 0 Å². The number of carboxylic acid groups (broad SMARTS) is 1. The number of aliphatic carboxylic acids is 1. The van der Waals surface area contributed by atoms with E-state index < -0.39 is 5.97 Å². The number of nitrogens with one attached hydrogen (secondary N) is 3. The zero-order chi connectivity index (χ0) is 50.2. The second-order valence-corrected chi connectivity index (χ2v) is 25.3. The lowest BCUT2D eigenvalue weighted by molar-refractivity contribution is -0.138. The molecule has 13 nitrogen and oxygen atoms in total. The summed E-state index contributed by atoms with van der Waals surface area (Å²) in [5, 5.41) is 14.5. The van der Waals surface area contributed by atoms with Gasteiger partial charge in [0.1, 0.15) is 0 Å². The summed E-state index contributed by atoms with van der Waals surface area (Å²) >= 11 is 0. The van der Waals surface area contributed by atoms with Gasteiger partial charge in [-0.05, 0) is 133 Å². The predicted octanol–water partition coefficient (Wildman–Crippen LogP) is 7.98. The van der Waals surface area contributed by atoms with Gasteiger partial charge in [-0.15, -0.1) is 0 Å². The Labute approximate surface area is 387 Å². The van der Waals surface area contributed by atoms with Gasteiger partial charge in [-0.25, -0.2) is 5.84 Å². The normalized spacial score (nSPS) is 15.5. The molecule has 0 rings (SSSR count). The summed E-state index contributed by atoms with van der Waals surface area (Å²) in [7, 11) is 0. The molecular weight excluding hydrogens is 793 g/mol. The van der Waals surface area contributed by atoms with Crippen LogP contribution < -0.4 is 44.8 Å². The lowest BCUT2D eigenvalue weighted by Crippen LogP contribution is -2.37. The van der Waals surface area contributed by atoms with Crippen LogP contribution in [-0.4, -0.2) is 68.1 Å². The van der Waals surface area contributed by atoms with Crippen LogP contribution in [0.2, 0.25) is 0 Å². The molecule has 0 saturated heterocycles. The first-order valence-corrected chi connectivity index (χ1v) is 23.9. The summed E-state index contributed by atoms with van der Waals surface area (Å²) < 4.78 is 0. The minimum atomic E-state index is -0.942. The van der Waals surface area contributed by atoms with E-state index in [4.69, 9.17) is 33.9 Å². The summed E-state index contributed by atoms with van der Waals surface area (Å²) in [4.78, 5) is 45.3. The quantitative estimate of drug-likeness (QED) is 0.0272. The van der Waals surface area contributed by atoms with Crippen LogP contribution in [0.1, 0.15) is 189 Å². The van der Waals surface area contributed by atoms with Crippen LogP contribution in [0.25, 0.3) is 0 Å². The molecule has 0 aliphatic heterocycles. The van der Waals surface area contributed by atoms with Gasteiger partial charge in [-0.2, -0.15) is 0 Å². The van der Waals surface area contributed by atoms with Crippen LogP contribution in [0.4, 0.5) is 0 Å². The van der Waals surface area contributed by atoms with Crippen LogP contribution in [0.3, 0.4) is 0 Å². The van der Waals surface area contributed by atoms with E-state index in [1.807, 2.05) is 5.43 Å². The molecule has 0 spiro atoms. The molecule has 0 aromatic heterocycles. The maximum Gasteiger partial charge on any atom is 0.303 e. The maximum atomic E-state index is 11.9. The molecule has 0 heterocycles. The monoisotopic (exact) mass is 899 g/mol. The van der Waals surface area contributed by atoms with Gasteiger partial charge in [0.2, 0.25) is 17.7 Å². The molecule has 376 valence electrons. The van der Waals surface area contributed by atoms with Gasteiger partial charge in [0.05, 0.1) is 6.42 Å². The highest BCUT2D eigenvalue weighted by atomic mass is 16.4. The average Bonchev–Trinajstić information content (AvgIpc) is 3.10. The smallest absolute Gasteiger partial charge is 0.303 e. The topological polar surface area (TPSA) is 255 Å². The Morgan fingerprint density at radius 1 is 0.429 bits per heavy atom. The summed E-state index contributed by atoms with van der Waals surface area (Å²) in [5.41, 5.74) is 27.0. The van der Waals surface area contributed by atoms with E-state index in [0.717, 1.165) is 45.2 Å². The standard InChI is InChI=1S/C18H38N4O2.C18H36N2O3.C14H32N2/c1-17(2,3)10-13(9-14(11-19)18(4,5)6)12-21-15(23)7-8-16(24)22-20;1-17(2,3)10-13(9-14(11-19)18(4,5)6)12-20-15(21)7-8-16(22)23;1-13(2,3)8-11(9-15)7-12(10-16)14(4,5)6/h13-14H,7-12,19-20H2,1-6H3,(H,21,23)(H,22,24);13-14H,7-12,19H2,1-6H3,(H,20,21)(H,22,23);11-12H,7-10,15-16H2,1-6H3. The lowest BCUT2D eigenvalue weighted by atomic mass is 9.72. The summed E-state index contributed by atoms with van der Waals surface area (Å²) in [6, 6.07) is 0. The van der Waals surface area contributed by atoms with Crippen LogP contribution in [0.15, 0.2) is 0 Å². The molecule has 0 bridgehead atoms. The van der Waals surface area contributed by atoms with E-state index in [2.05, 4.69) is 135 Å². The molecule has 0 aromatic carbocycles. The van der Waals surface area contributed by atoms with Crippen molar-refractivity contribution in [2.75, 3.05) is 39.3 Å². The number of amides is 3. The van der Waals surface area contributed by atoms with Crippen molar-refractivity contribution in [2.24, 2.45) is 96.8 Å². The highest BCUT2D eigenvalue weighted by molar-refractivity contribution is 5.83. The number of nitrogens with two attached hydrogens (primary N) is 5. The molecule has 6 unspecified atom stereocenters. The summed E-state index contributed by atoms with van der Waals surface area (Å²) in [6.45, 7) is 44.1. The second-order valence-electron chi connectivity index (χ2n) is 25.3. The van der Waals surface area contributed by atoms with Gasteiger partial charge in [0, 0.05) is 32.4 Å². The van der Waals surface area contributed by atoms with Crippen molar-refractivity contribution in [2.45, 2.75) is 189 Å². The molecule has 0 radical (unpaired) electrons. The van der Waals surface area contributed by atoms with E-state index in [0.29, 0.717) is 72.5 Å². The first kappa shape index (κ1) is 65.0. The molecule has 63 heavy (non-hydrogen) atoms. The minimum Gasteiger partial charge on any atom is -0.481 e. The van der Waals surface area contributed by atoms with E-state index in [1.54, 1.807) is 0 Å². The zero-order valence-electron chi connectivity index (χ0n) is 44.2. The maximum absolute atomic E-state index is 11.9. The van der Waals surface area contributed by atoms with Crippen molar-refractivity contribution in [1.82, 2.24) is 16.1 Å². The number of carbonyl (C=O) groups excluding carboxylic acids is 3. The van der Waals surface area contributed by atoms with Gasteiger partial charge in [0.15, 0.2) is 0 Å². The van der Waals surface area contributed by atoms with Crippen molar-refractivity contribution in [3.63, 3.8) is 0 Å². The zero-order valence-corrected chi connectivity index (χ0v) is 44.2. The van der Waals surface area contributed by atoms with E-state index in [9.17, 15) is 19.2 Å². The van der Waals surface area contributed by atoms with Crippen molar-refractivity contribution in [3.05, 3.63) is 0 Å². The van der Waals surface area contributed by atoms with Crippen molar-refractivity contribution in [3.8, 4) is 0 Å². The highest BCUT2D eigenvalue weighted by Gasteiger charge is 2.31. The van der Waals surface area contributed by atoms with Crippen LogP contribution in [0, 0.1) is 68.0 Å². The molecule has 0 fully saturated rings. The average molecular weight is 899 g/mol. The number of hydrazine groups is 1. The molecule has 0 saturated carbocycles. The fourth-order valence-corrected chi connectivity index (χ4v) is 8.17. The van der Waals surface area contributed by atoms with Gasteiger partial charge in [-0.3, -0.25) is 24.6 Å². The largest absolute Gasteiger partial charge is 0.481 e. The van der Waals surface area contributed by atoms with Crippen LogP contribution in [-0.2, 0) is 19.2 Å². The second kappa shape index (κ2) is 30.1. The molecule has 0 aliphatic rings. The Bertz CT molecular complexity index is 1270. The number of carboxylic acids is 1. The molecule has 0 aromatic rings. The van der Waals surface area contributed by atoms with Crippen molar-refractivity contribution < 1.29 is 24.3 Å². The summed E-state index contributed by atoms with van der Waals surface area (Å²) in [5.74, 6) is 6.14.